The van der Waals surface area contributed by atoms with Crippen molar-refractivity contribution in [3.05, 3.63) is 0 Å². The van der Waals surface area contributed by atoms with Crippen molar-refractivity contribution in [2.24, 2.45) is 0 Å². The Balaban J connectivity index is 2.72. The topological polar surface area (TPSA) is 92.7 Å². The molecule has 0 atom stereocenters. The van der Waals surface area contributed by atoms with Crippen LogP contribution in [0.5, 0.6) is 0 Å². The molecule has 0 bridgehead atoms. The summed E-state index contributed by atoms with van der Waals surface area (Å²) < 4.78 is 5.15. The van der Waals surface area contributed by atoms with Crippen LogP contribution in [0, 0.1) is 0 Å². The molecular formula is C13H21NO5. The molecule has 0 radical (unpaired) electrons. The van der Waals surface area contributed by atoms with Gasteiger partial charge in [-0.05, 0) is 33.6 Å². The van der Waals surface area contributed by atoms with Crippen molar-refractivity contribution >= 4 is 17.8 Å². The van der Waals surface area contributed by atoms with Crippen LogP contribution in [0.2, 0.25) is 0 Å². The fourth-order valence-electron chi connectivity index (χ4n) is 2.16. The Morgan fingerprint density at radius 2 is 1.84 bits per heavy atom. The van der Waals surface area contributed by atoms with Crippen molar-refractivity contribution in [3.8, 4) is 0 Å². The highest BCUT2D eigenvalue weighted by molar-refractivity contribution is 5.81. The van der Waals surface area contributed by atoms with E-state index in [4.69, 9.17) is 9.84 Å². The molecule has 0 aromatic rings. The molecule has 1 fully saturated rings. The van der Waals surface area contributed by atoms with Crippen molar-refractivity contribution in [3.63, 3.8) is 0 Å². The van der Waals surface area contributed by atoms with E-state index in [0.717, 1.165) is 0 Å². The van der Waals surface area contributed by atoms with Gasteiger partial charge in [0.1, 0.15) is 11.4 Å². The molecule has 0 unspecified atom stereocenters. The lowest BCUT2D eigenvalue weighted by atomic mass is 9.79. The molecule has 0 aliphatic heterocycles. The Morgan fingerprint density at radius 3 is 2.26 bits per heavy atom. The van der Waals surface area contributed by atoms with E-state index in [2.05, 4.69) is 5.32 Å². The number of aliphatic carboxylic acids is 1. The van der Waals surface area contributed by atoms with E-state index in [0.29, 0.717) is 25.7 Å². The van der Waals surface area contributed by atoms with Gasteiger partial charge in [-0.1, -0.05) is 0 Å². The molecule has 6 nitrogen and oxygen atoms in total. The first-order chi connectivity index (χ1) is 8.62. The molecule has 2 N–H and O–H groups in total. The maximum absolute atomic E-state index is 11.8. The number of nitrogens with one attached hydrogen (secondary N) is 1. The normalized spacial score (nSPS) is 18.8. The quantitative estimate of drug-likeness (QED) is 0.817. The highest BCUT2D eigenvalue weighted by Crippen LogP contribution is 2.30. The van der Waals surface area contributed by atoms with Crippen molar-refractivity contribution in [1.82, 2.24) is 5.32 Å². The highest BCUT2D eigenvalue weighted by Gasteiger charge is 2.39. The zero-order valence-corrected chi connectivity index (χ0v) is 11.6. The third kappa shape index (κ3) is 5.28. The monoisotopic (exact) mass is 271 g/mol. The van der Waals surface area contributed by atoms with Crippen molar-refractivity contribution < 1.29 is 24.2 Å². The minimum absolute atomic E-state index is 0.104. The van der Waals surface area contributed by atoms with Gasteiger partial charge in [0.05, 0.1) is 12.0 Å². The SMILES string of the molecule is CC(C)(C)OC(=O)NC1(CC(=O)O)CCC(=O)CC1. The molecule has 1 rings (SSSR count). The predicted molar refractivity (Wildman–Crippen MR) is 67.8 cm³/mol. The van der Waals surface area contributed by atoms with Gasteiger partial charge in [0.2, 0.25) is 0 Å². The van der Waals surface area contributed by atoms with Crippen LogP contribution >= 0.6 is 0 Å². The number of alkyl carbamates (subject to hydrolysis) is 1. The molecule has 108 valence electrons. The van der Waals surface area contributed by atoms with Gasteiger partial charge in [-0.15, -0.1) is 0 Å². The predicted octanol–water partition coefficient (Wildman–Crippen LogP) is 1.87. The van der Waals surface area contributed by atoms with E-state index >= 15 is 0 Å². The van der Waals surface area contributed by atoms with Crippen LogP contribution in [0.4, 0.5) is 4.79 Å². The Morgan fingerprint density at radius 1 is 1.32 bits per heavy atom. The van der Waals surface area contributed by atoms with E-state index in [9.17, 15) is 14.4 Å². The van der Waals surface area contributed by atoms with E-state index in [-0.39, 0.29) is 12.2 Å². The number of carboxylic acids is 1. The van der Waals surface area contributed by atoms with Gasteiger partial charge < -0.3 is 15.2 Å². The number of hydrogen-bond donors (Lipinski definition) is 2. The maximum Gasteiger partial charge on any atom is 0.408 e. The number of amides is 1. The first-order valence-corrected chi connectivity index (χ1v) is 6.37. The summed E-state index contributed by atoms with van der Waals surface area (Å²) in [5.41, 5.74) is -1.51. The lowest BCUT2D eigenvalue weighted by molar-refractivity contribution is -0.140. The lowest BCUT2D eigenvalue weighted by Gasteiger charge is -2.36. The van der Waals surface area contributed by atoms with Crippen LogP contribution in [-0.4, -0.2) is 34.1 Å². The number of hydrogen-bond acceptors (Lipinski definition) is 4. The first kappa shape index (κ1) is 15.5. The minimum Gasteiger partial charge on any atom is -0.481 e. The van der Waals surface area contributed by atoms with E-state index < -0.39 is 23.2 Å². The third-order valence-corrected chi connectivity index (χ3v) is 3.02. The van der Waals surface area contributed by atoms with Crippen LogP contribution in [0.15, 0.2) is 0 Å². The van der Waals surface area contributed by atoms with E-state index in [1.165, 1.54) is 0 Å². The van der Waals surface area contributed by atoms with Crippen LogP contribution in [0.25, 0.3) is 0 Å². The fourth-order valence-corrected chi connectivity index (χ4v) is 2.16. The molecular weight excluding hydrogens is 250 g/mol. The van der Waals surface area contributed by atoms with Crippen molar-refractivity contribution in [2.75, 3.05) is 0 Å². The van der Waals surface area contributed by atoms with Gasteiger partial charge in [-0.25, -0.2) is 4.79 Å². The number of Topliss-reactive ketones (excluding diaryl/α,β-unsaturated/α-hetero) is 1. The summed E-state index contributed by atoms with van der Waals surface area (Å²) >= 11 is 0. The lowest BCUT2D eigenvalue weighted by Crippen LogP contribution is -2.53. The van der Waals surface area contributed by atoms with Crippen molar-refractivity contribution in [1.29, 1.82) is 0 Å². The third-order valence-electron chi connectivity index (χ3n) is 3.02. The summed E-state index contributed by atoms with van der Waals surface area (Å²) in [6.45, 7) is 5.21. The molecule has 1 aliphatic rings. The number of rotatable bonds is 3. The zero-order valence-electron chi connectivity index (χ0n) is 11.6. The van der Waals surface area contributed by atoms with Gasteiger partial charge >= 0.3 is 12.1 Å². The standard InChI is InChI=1S/C13H21NO5/c1-12(2,3)19-11(18)14-13(8-10(16)17)6-4-9(15)5-7-13/h4-8H2,1-3H3,(H,14,18)(H,16,17). The van der Waals surface area contributed by atoms with Gasteiger partial charge in [0, 0.05) is 12.8 Å². The van der Waals surface area contributed by atoms with Crippen LogP contribution in [-0.2, 0) is 14.3 Å². The number of carbonyl (C=O) groups is 3. The average molecular weight is 271 g/mol. The van der Waals surface area contributed by atoms with Crippen LogP contribution < -0.4 is 5.32 Å². The summed E-state index contributed by atoms with van der Waals surface area (Å²) in [6, 6.07) is 0. The number of carboxylic acid groups (broad SMARTS) is 1. The van der Waals surface area contributed by atoms with E-state index in [1.54, 1.807) is 20.8 Å². The Bertz CT molecular complexity index is 373. The fraction of sp³-hybridized carbons (Fsp3) is 0.769. The number of carbonyl (C=O) groups excluding carboxylic acids is 2. The summed E-state index contributed by atoms with van der Waals surface area (Å²) in [5, 5.41) is 11.6. The number of ketones is 1. The smallest absolute Gasteiger partial charge is 0.408 e. The molecule has 1 aliphatic carbocycles. The molecule has 6 heteroatoms. The molecule has 1 amide bonds. The highest BCUT2D eigenvalue weighted by atomic mass is 16.6. The second kappa shape index (κ2) is 5.59. The van der Waals surface area contributed by atoms with Crippen LogP contribution in [0.1, 0.15) is 52.9 Å². The van der Waals surface area contributed by atoms with Crippen molar-refractivity contribution in [2.45, 2.75) is 64.0 Å². The maximum atomic E-state index is 11.8. The molecule has 0 aromatic carbocycles. The largest absolute Gasteiger partial charge is 0.481 e. The average Bonchev–Trinajstić information content (AvgIpc) is 2.18. The molecule has 19 heavy (non-hydrogen) atoms. The Labute approximate surface area is 112 Å². The van der Waals surface area contributed by atoms with Crippen LogP contribution in [0.3, 0.4) is 0 Å². The summed E-state index contributed by atoms with van der Waals surface area (Å²) in [5.74, 6) is -0.891. The van der Waals surface area contributed by atoms with Gasteiger partial charge in [-0.2, -0.15) is 0 Å². The second-order valence-corrected chi connectivity index (χ2v) is 6.02. The van der Waals surface area contributed by atoms with Gasteiger partial charge in [-0.3, -0.25) is 9.59 Å². The second-order valence-electron chi connectivity index (χ2n) is 6.02. The molecule has 0 saturated heterocycles. The Hall–Kier alpha value is -1.59. The molecule has 0 heterocycles. The van der Waals surface area contributed by atoms with Gasteiger partial charge in [0.25, 0.3) is 0 Å². The van der Waals surface area contributed by atoms with Gasteiger partial charge in [0.15, 0.2) is 0 Å². The molecule has 0 spiro atoms. The minimum atomic E-state index is -0.995. The first-order valence-electron chi connectivity index (χ1n) is 6.37. The summed E-state index contributed by atoms with van der Waals surface area (Å²) in [4.78, 5) is 34.0. The Kier molecular flexibility index (Phi) is 4.55. The summed E-state index contributed by atoms with van der Waals surface area (Å²) in [7, 11) is 0. The summed E-state index contributed by atoms with van der Waals surface area (Å²) in [6.07, 6.45) is 0.448. The number of ether oxygens (including phenoxy) is 1. The zero-order chi connectivity index (χ0) is 14.7. The molecule has 1 saturated carbocycles. The van der Waals surface area contributed by atoms with E-state index in [1.807, 2.05) is 0 Å². The molecule has 0 aromatic heterocycles.